The van der Waals surface area contributed by atoms with Crippen molar-refractivity contribution in [1.82, 2.24) is 0 Å². The van der Waals surface area contributed by atoms with Crippen LogP contribution in [0.3, 0.4) is 0 Å². The van der Waals surface area contributed by atoms with Gasteiger partial charge in [0.1, 0.15) is 0 Å². The molecule has 0 aliphatic carbocycles. The molecule has 2 nitrogen and oxygen atoms in total. The second kappa shape index (κ2) is 4.48. The molecule has 1 saturated heterocycles. The van der Waals surface area contributed by atoms with Gasteiger partial charge in [0.25, 0.3) is 0 Å². The summed E-state index contributed by atoms with van der Waals surface area (Å²) in [5.74, 6) is -0.0144. The van der Waals surface area contributed by atoms with Crippen molar-refractivity contribution >= 4 is 11.6 Å². The van der Waals surface area contributed by atoms with E-state index >= 15 is 0 Å². The second-order valence-corrected chi connectivity index (χ2v) is 4.25. The van der Waals surface area contributed by atoms with Gasteiger partial charge in [0, 0.05) is 24.6 Å². The molecule has 2 rings (SSSR count). The van der Waals surface area contributed by atoms with Gasteiger partial charge in [-0.25, -0.2) is 0 Å². The van der Waals surface area contributed by atoms with Gasteiger partial charge in [-0.15, -0.1) is 6.58 Å². The molecule has 0 bridgehead atoms. The minimum Gasteiger partial charge on any atom is -0.312 e. The number of hydrogen-bond acceptors (Lipinski definition) is 1. The normalized spacial score (nSPS) is 20.3. The molecule has 0 saturated carbocycles. The lowest BCUT2D eigenvalue weighted by atomic mass is 10.1. The Hall–Kier alpha value is -1.78. The van der Waals surface area contributed by atoms with Crippen LogP contribution in [0.15, 0.2) is 36.9 Å². The molecule has 0 aromatic heterocycles. The molecular weight excluding hydrogens is 243 g/mol. The third kappa shape index (κ3) is 2.39. The molecule has 1 amide bonds. The first-order valence-corrected chi connectivity index (χ1v) is 5.52. The van der Waals surface area contributed by atoms with Gasteiger partial charge in [-0.1, -0.05) is 6.08 Å². The first-order valence-electron chi connectivity index (χ1n) is 5.52. The lowest BCUT2D eigenvalue weighted by Crippen LogP contribution is -2.24. The summed E-state index contributed by atoms with van der Waals surface area (Å²) in [7, 11) is 0. The Morgan fingerprint density at radius 2 is 1.89 bits per heavy atom. The third-order valence-electron chi connectivity index (χ3n) is 2.99. The number of anilines is 1. The highest BCUT2D eigenvalue weighted by atomic mass is 19.4. The zero-order valence-electron chi connectivity index (χ0n) is 9.57. The number of carbonyl (C=O) groups is 1. The summed E-state index contributed by atoms with van der Waals surface area (Å²) >= 11 is 0. The minimum absolute atomic E-state index is 0.0693. The van der Waals surface area contributed by atoms with Crippen LogP contribution in [0.5, 0.6) is 0 Å². The Balaban J connectivity index is 2.20. The molecule has 1 aliphatic heterocycles. The number of rotatable bonds is 2. The van der Waals surface area contributed by atoms with E-state index < -0.39 is 11.7 Å². The molecule has 1 heterocycles. The SMILES string of the molecule is C=CC1CC(=O)N(c2ccc(C(F)(F)F)cc2)C1. The van der Waals surface area contributed by atoms with Crippen molar-refractivity contribution in [2.45, 2.75) is 12.6 Å². The molecule has 0 N–H and O–H groups in total. The van der Waals surface area contributed by atoms with Gasteiger partial charge in [-0.2, -0.15) is 13.2 Å². The van der Waals surface area contributed by atoms with Crippen molar-refractivity contribution in [2.75, 3.05) is 11.4 Å². The maximum atomic E-state index is 12.4. The summed E-state index contributed by atoms with van der Waals surface area (Å²) in [5.41, 5.74) is -0.212. The largest absolute Gasteiger partial charge is 0.416 e. The molecule has 18 heavy (non-hydrogen) atoms. The number of alkyl halides is 3. The molecule has 1 unspecified atom stereocenters. The van der Waals surface area contributed by atoms with E-state index in [2.05, 4.69) is 6.58 Å². The van der Waals surface area contributed by atoms with Crippen molar-refractivity contribution < 1.29 is 18.0 Å². The lowest BCUT2D eigenvalue weighted by molar-refractivity contribution is -0.137. The molecule has 0 radical (unpaired) electrons. The van der Waals surface area contributed by atoms with Crippen LogP contribution in [0.25, 0.3) is 0 Å². The van der Waals surface area contributed by atoms with Crippen LogP contribution in [0.4, 0.5) is 18.9 Å². The van der Waals surface area contributed by atoms with Crippen molar-refractivity contribution in [3.05, 3.63) is 42.5 Å². The van der Waals surface area contributed by atoms with E-state index in [0.29, 0.717) is 18.7 Å². The molecule has 96 valence electrons. The summed E-state index contributed by atoms with van der Waals surface area (Å²) in [5, 5.41) is 0. The summed E-state index contributed by atoms with van der Waals surface area (Å²) in [6.07, 6.45) is -2.29. The summed E-state index contributed by atoms with van der Waals surface area (Å²) in [6, 6.07) is 4.63. The van der Waals surface area contributed by atoms with Gasteiger partial charge in [0.05, 0.1) is 5.56 Å². The molecule has 1 aliphatic rings. The van der Waals surface area contributed by atoms with Crippen LogP contribution >= 0.6 is 0 Å². The fourth-order valence-electron chi connectivity index (χ4n) is 1.97. The zero-order valence-corrected chi connectivity index (χ0v) is 9.57. The maximum absolute atomic E-state index is 12.4. The van der Waals surface area contributed by atoms with Gasteiger partial charge in [0.2, 0.25) is 5.91 Å². The van der Waals surface area contributed by atoms with Gasteiger partial charge >= 0.3 is 6.18 Å². The van der Waals surface area contributed by atoms with Gasteiger partial charge in [-0.3, -0.25) is 4.79 Å². The average Bonchev–Trinajstić information content (AvgIpc) is 2.70. The molecule has 1 atom stereocenters. The van der Waals surface area contributed by atoms with E-state index in [1.807, 2.05) is 0 Å². The Kier molecular flexibility index (Phi) is 3.15. The predicted molar refractivity (Wildman–Crippen MR) is 62.1 cm³/mol. The van der Waals surface area contributed by atoms with E-state index in [1.165, 1.54) is 17.0 Å². The van der Waals surface area contributed by atoms with E-state index in [4.69, 9.17) is 0 Å². The van der Waals surface area contributed by atoms with E-state index in [1.54, 1.807) is 6.08 Å². The van der Waals surface area contributed by atoms with Crippen LogP contribution in [0, 0.1) is 5.92 Å². The number of nitrogens with zero attached hydrogens (tertiary/aromatic N) is 1. The van der Waals surface area contributed by atoms with Crippen molar-refractivity contribution in [3.63, 3.8) is 0 Å². The number of hydrogen-bond donors (Lipinski definition) is 0. The lowest BCUT2D eigenvalue weighted by Gasteiger charge is -2.17. The molecule has 1 aromatic rings. The molecular formula is C13H12F3NO. The summed E-state index contributed by atoms with van der Waals surface area (Å²) in [6.45, 7) is 4.10. The van der Waals surface area contributed by atoms with Crippen molar-refractivity contribution in [3.8, 4) is 0 Å². The average molecular weight is 255 g/mol. The van der Waals surface area contributed by atoms with Crippen LogP contribution in [0.1, 0.15) is 12.0 Å². The van der Waals surface area contributed by atoms with Crippen molar-refractivity contribution in [2.24, 2.45) is 5.92 Å². The highest BCUT2D eigenvalue weighted by Gasteiger charge is 2.32. The fourth-order valence-corrected chi connectivity index (χ4v) is 1.97. The Labute approximate surface area is 103 Å². The number of amides is 1. The van der Waals surface area contributed by atoms with Crippen LogP contribution in [0.2, 0.25) is 0 Å². The Morgan fingerprint density at radius 1 is 1.28 bits per heavy atom. The fraction of sp³-hybridized carbons (Fsp3) is 0.308. The third-order valence-corrected chi connectivity index (χ3v) is 2.99. The highest BCUT2D eigenvalue weighted by molar-refractivity contribution is 5.95. The van der Waals surface area contributed by atoms with Crippen molar-refractivity contribution in [1.29, 1.82) is 0 Å². The highest BCUT2D eigenvalue weighted by Crippen LogP contribution is 2.32. The molecule has 1 fully saturated rings. The zero-order chi connectivity index (χ0) is 13.3. The number of halogens is 3. The Bertz CT molecular complexity index is 464. The van der Waals surface area contributed by atoms with Crippen LogP contribution in [-0.2, 0) is 11.0 Å². The second-order valence-electron chi connectivity index (χ2n) is 4.25. The predicted octanol–water partition coefficient (Wildman–Crippen LogP) is 3.24. The standard InChI is InChI=1S/C13H12F3NO/c1-2-9-7-12(18)17(8-9)11-5-3-10(4-6-11)13(14,15)16/h2-6,9H,1,7-8H2. The molecule has 5 heteroatoms. The molecule has 0 spiro atoms. The van der Waals surface area contributed by atoms with Gasteiger partial charge < -0.3 is 4.90 Å². The quantitative estimate of drug-likeness (QED) is 0.743. The smallest absolute Gasteiger partial charge is 0.312 e. The van der Waals surface area contributed by atoms with Crippen LogP contribution in [-0.4, -0.2) is 12.5 Å². The maximum Gasteiger partial charge on any atom is 0.416 e. The first-order chi connectivity index (χ1) is 8.41. The Morgan fingerprint density at radius 3 is 2.33 bits per heavy atom. The minimum atomic E-state index is -4.35. The molecule has 1 aromatic carbocycles. The van der Waals surface area contributed by atoms with E-state index in [9.17, 15) is 18.0 Å². The van der Waals surface area contributed by atoms with Gasteiger partial charge in [0.15, 0.2) is 0 Å². The summed E-state index contributed by atoms with van der Waals surface area (Å²) < 4.78 is 37.2. The summed E-state index contributed by atoms with van der Waals surface area (Å²) in [4.78, 5) is 13.2. The first kappa shape index (κ1) is 12.7. The van der Waals surface area contributed by atoms with E-state index in [0.717, 1.165) is 12.1 Å². The van der Waals surface area contributed by atoms with E-state index in [-0.39, 0.29) is 11.8 Å². The number of benzene rings is 1. The topological polar surface area (TPSA) is 20.3 Å². The monoisotopic (exact) mass is 255 g/mol. The van der Waals surface area contributed by atoms with Gasteiger partial charge in [-0.05, 0) is 24.3 Å². The van der Waals surface area contributed by atoms with Crippen LogP contribution < -0.4 is 4.90 Å². The number of carbonyl (C=O) groups excluding carboxylic acids is 1.